The fourth-order valence-corrected chi connectivity index (χ4v) is 2.28. The maximum absolute atomic E-state index is 13.2. The van der Waals surface area contributed by atoms with Crippen molar-refractivity contribution in [1.29, 1.82) is 0 Å². The van der Waals surface area contributed by atoms with Crippen molar-refractivity contribution in [3.63, 3.8) is 0 Å². The summed E-state index contributed by atoms with van der Waals surface area (Å²) in [5, 5.41) is 16.0. The van der Waals surface area contributed by atoms with Gasteiger partial charge in [-0.05, 0) is 44.5 Å². The van der Waals surface area contributed by atoms with E-state index in [0.717, 1.165) is 11.3 Å². The summed E-state index contributed by atoms with van der Waals surface area (Å²) in [5.41, 5.74) is 1.48. The summed E-state index contributed by atoms with van der Waals surface area (Å²) < 4.78 is 14.7. The molecule has 1 aromatic carbocycles. The van der Waals surface area contributed by atoms with Crippen molar-refractivity contribution in [3.8, 4) is 5.69 Å². The van der Waals surface area contributed by atoms with Gasteiger partial charge < -0.3 is 10.0 Å². The number of rotatable bonds is 5. The summed E-state index contributed by atoms with van der Waals surface area (Å²) in [4.78, 5) is 13.7. The predicted molar refractivity (Wildman–Crippen MR) is 86.2 cm³/mol. The quantitative estimate of drug-likeness (QED) is 0.889. The van der Waals surface area contributed by atoms with Crippen LogP contribution in [0.2, 0.25) is 0 Å². The van der Waals surface area contributed by atoms with E-state index in [9.17, 15) is 9.18 Å². The third kappa shape index (κ3) is 4.07. The van der Waals surface area contributed by atoms with Crippen LogP contribution in [0.15, 0.2) is 30.5 Å². The normalized spacial score (nSPS) is 10.9. The zero-order valence-electron chi connectivity index (χ0n) is 13.5. The van der Waals surface area contributed by atoms with Gasteiger partial charge in [-0.25, -0.2) is 13.9 Å². The number of aliphatic hydroxyl groups excluding tert-OH is 1. The molecule has 0 fully saturated rings. The maximum atomic E-state index is 13.2. The molecule has 2 rings (SSSR count). The molecule has 0 unspecified atom stereocenters. The standard InChI is InChI=1S/C16H21FN4O2/c1-11(2)20(8-9-22)16(23)18-15-6-7-21(19-15)14-5-4-13(17)10-12(14)3/h4-7,10-11,22H,8-9H2,1-3H3,(H,18,19,23). The van der Waals surface area contributed by atoms with E-state index in [0.29, 0.717) is 5.82 Å². The van der Waals surface area contributed by atoms with Crippen molar-refractivity contribution in [2.24, 2.45) is 0 Å². The molecular formula is C16H21FN4O2. The molecule has 1 heterocycles. The molecule has 0 bridgehead atoms. The first-order chi connectivity index (χ1) is 10.9. The van der Waals surface area contributed by atoms with Crippen LogP contribution < -0.4 is 5.32 Å². The van der Waals surface area contributed by atoms with Crippen LogP contribution in [0, 0.1) is 12.7 Å². The Hall–Kier alpha value is -2.41. The Morgan fingerprint density at radius 1 is 1.43 bits per heavy atom. The highest BCUT2D eigenvalue weighted by molar-refractivity contribution is 5.88. The van der Waals surface area contributed by atoms with Gasteiger partial charge in [0.05, 0.1) is 12.3 Å². The molecule has 0 aliphatic rings. The maximum Gasteiger partial charge on any atom is 0.323 e. The summed E-state index contributed by atoms with van der Waals surface area (Å²) in [6, 6.07) is 5.73. The average molecular weight is 320 g/mol. The van der Waals surface area contributed by atoms with Crippen LogP contribution in [0.5, 0.6) is 0 Å². The molecule has 7 heteroatoms. The van der Waals surface area contributed by atoms with Gasteiger partial charge in [0, 0.05) is 24.8 Å². The van der Waals surface area contributed by atoms with Gasteiger partial charge in [-0.3, -0.25) is 5.32 Å². The Kier molecular flexibility index (Phi) is 5.33. The first kappa shape index (κ1) is 17.0. The van der Waals surface area contributed by atoms with Crippen LogP contribution >= 0.6 is 0 Å². The zero-order valence-corrected chi connectivity index (χ0v) is 13.5. The summed E-state index contributed by atoms with van der Waals surface area (Å²) in [6.45, 7) is 5.68. The van der Waals surface area contributed by atoms with E-state index >= 15 is 0 Å². The van der Waals surface area contributed by atoms with Gasteiger partial charge in [0.1, 0.15) is 5.82 Å². The van der Waals surface area contributed by atoms with Crippen LogP contribution in [0.4, 0.5) is 15.0 Å². The molecule has 0 saturated heterocycles. The van der Waals surface area contributed by atoms with Crippen molar-refractivity contribution in [2.45, 2.75) is 26.8 Å². The van der Waals surface area contributed by atoms with Gasteiger partial charge >= 0.3 is 6.03 Å². The van der Waals surface area contributed by atoms with Gasteiger partial charge in [0.25, 0.3) is 0 Å². The lowest BCUT2D eigenvalue weighted by Gasteiger charge is -2.25. The highest BCUT2D eigenvalue weighted by Gasteiger charge is 2.17. The van der Waals surface area contributed by atoms with Gasteiger partial charge in [0.2, 0.25) is 0 Å². The zero-order chi connectivity index (χ0) is 17.0. The van der Waals surface area contributed by atoms with E-state index in [-0.39, 0.29) is 31.0 Å². The van der Waals surface area contributed by atoms with Crippen LogP contribution in [0.1, 0.15) is 19.4 Å². The fourth-order valence-electron chi connectivity index (χ4n) is 2.28. The van der Waals surface area contributed by atoms with Crippen molar-refractivity contribution < 1.29 is 14.3 Å². The van der Waals surface area contributed by atoms with Crippen LogP contribution in [0.25, 0.3) is 5.69 Å². The van der Waals surface area contributed by atoms with E-state index in [2.05, 4.69) is 10.4 Å². The van der Waals surface area contributed by atoms with E-state index in [1.807, 2.05) is 13.8 Å². The van der Waals surface area contributed by atoms with Crippen molar-refractivity contribution in [2.75, 3.05) is 18.5 Å². The number of amides is 2. The molecule has 1 aromatic heterocycles. The molecule has 0 atom stereocenters. The van der Waals surface area contributed by atoms with Crippen molar-refractivity contribution in [1.82, 2.24) is 14.7 Å². The molecule has 6 nitrogen and oxygen atoms in total. The fraction of sp³-hybridized carbons (Fsp3) is 0.375. The third-order valence-corrected chi connectivity index (χ3v) is 3.45. The lowest BCUT2D eigenvalue weighted by Crippen LogP contribution is -2.41. The minimum atomic E-state index is -0.324. The molecular weight excluding hydrogens is 299 g/mol. The van der Waals surface area contributed by atoms with Crippen molar-refractivity contribution in [3.05, 3.63) is 41.8 Å². The molecule has 0 spiro atoms. The molecule has 0 saturated carbocycles. The number of benzene rings is 1. The number of aliphatic hydroxyl groups is 1. The van der Waals surface area contributed by atoms with Gasteiger partial charge in [-0.1, -0.05) is 0 Å². The molecule has 0 aliphatic heterocycles. The minimum absolute atomic E-state index is 0.0384. The largest absolute Gasteiger partial charge is 0.395 e. The molecule has 2 aromatic rings. The first-order valence-corrected chi connectivity index (χ1v) is 7.43. The Morgan fingerprint density at radius 2 is 2.17 bits per heavy atom. The second kappa shape index (κ2) is 7.23. The lowest BCUT2D eigenvalue weighted by atomic mass is 10.2. The number of halogens is 1. The highest BCUT2D eigenvalue weighted by Crippen LogP contribution is 2.16. The van der Waals surface area contributed by atoms with Crippen molar-refractivity contribution >= 4 is 11.8 Å². The predicted octanol–water partition coefficient (Wildman–Crippen LogP) is 2.55. The number of urea groups is 1. The summed E-state index contributed by atoms with van der Waals surface area (Å²) in [7, 11) is 0. The number of nitrogens with zero attached hydrogens (tertiary/aromatic N) is 3. The number of aromatic nitrogens is 2. The summed E-state index contributed by atoms with van der Waals surface area (Å²) in [5.74, 6) is 0.0887. The minimum Gasteiger partial charge on any atom is -0.395 e. The number of anilines is 1. The smallest absolute Gasteiger partial charge is 0.323 e. The van der Waals surface area contributed by atoms with Gasteiger partial charge in [0.15, 0.2) is 5.82 Å². The molecule has 124 valence electrons. The second-order valence-electron chi connectivity index (χ2n) is 5.52. The lowest BCUT2D eigenvalue weighted by molar-refractivity contribution is 0.172. The summed E-state index contributed by atoms with van der Waals surface area (Å²) in [6.07, 6.45) is 1.70. The van der Waals surface area contributed by atoms with E-state index in [1.54, 1.807) is 29.9 Å². The second-order valence-corrected chi connectivity index (χ2v) is 5.52. The van der Waals surface area contributed by atoms with Gasteiger partial charge in [-0.15, -0.1) is 5.10 Å². The Balaban J connectivity index is 2.14. The Morgan fingerprint density at radius 3 is 2.78 bits per heavy atom. The number of hydrogen-bond acceptors (Lipinski definition) is 3. The number of carbonyl (C=O) groups excluding carboxylic acids is 1. The number of aryl methyl sites for hydroxylation is 1. The Labute approximate surface area is 134 Å². The van der Waals surface area contributed by atoms with E-state index in [4.69, 9.17) is 5.11 Å². The SMILES string of the molecule is Cc1cc(F)ccc1-n1ccc(NC(=O)N(CCO)C(C)C)n1. The number of hydrogen-bond donors (Lipinski definition) is 2. The van der Waals surface area contributed by atoms with Gasteiger partial charge in [-0.2, -0.15) is 0 Å². The highest BCUT2D eigenvalue weighted by atomic mass is 19.1. The van der Waals surface area contributed by atoms with Crippen LogP contribution in [0.3, 0.4) is 0 Å². The van der Waals surface area contributed by atoms with Crippen LogP contribution in [-0.4, -0.2) is 45.0 Å². The molecule has 0 aliphatic carbocycles. The number of nitrogens with one attached hydrogen (secondary N) is 1. The average Bonchev–Trinajstić information content (AvgIpc) is 2.92. The topological polar surface area (TPSA) is 70.4 Å². The first-order valence-electron chi connectivity index (χ1n) is 7.43. The summed E-state index contributed by atoms with van der Waals surface area (Å²) >= 11 is 0. The molecule has 2 N–H and O–H groups in total. The molecule has 23 heavy (non-hydrogen) atoms. The monoisotopic (exact) mass is 320 g/mol. The third-order valence-electron chi connectivity index (χ3n) is 3.45. The van der Waals surface area contributed by atoms with E-state index < -0.39 is 0 Å². The van der Waals surface area contributed by atoms with E-state index in [1.165, 1.54) is 17.0 Å². The Bertz CT molecular complexity index is 684. The van der Waals surface area contributed by atoms with Crippen LogP contribution in [-0.2, 0) is 0 Å². The number of carbonyl (C=O) groups is 1. The molecule has 2 amide bonds. The molecule has 0 radical (unpaired) electrons.